The van der Waals surface area contributed by atoms with Gasteiger partial charge >= 0.3 is 0 Å². The normalized spacial score (nSPS) is 28.6. The van der Waals surface area contributed by atoms with Crippen molar-refractivity contribution in [2.75, 3.05) is 52.4 Å². The predicted molar refractivity (Wildman–Crippen MR) is 93.4 cm³/mol. The van der Waals surface area contributed by atoms with Gasteiger partial charge in [0.25, 0.3) is 0 Å². The number of likely N-dealkylation sites (tertiary alicyclic amines) is 2. The number of rotatable bonds is 2. The van der Waals surface area contributed by atoms with Crippen LogP contribution in [-0.2, 0) is 0 Å². The number of piperazine rings is 1. The van der Waals surface area contributed by atoms with E-state index in [9.17, 15) is 0 Å². The maximum Gasteiger partial charge on any atom is 0.0351 e. The largest absolute Gasteiger partial charge is 0.295 e. The van der Waals surface area contributed by atoms with Crippen molar-refractivity contribution in [3.63, 3.8) is 0 Å². The van der Waals surface area contributed by atoms with Gasteiger partial charge in [-0.05, 0) is 41.5 Å². The summed E-state index contributed by atoms with van der Waals surface area (Å²) in [5.41, 5.74) is 0.696. The molecule has 3 aliphatic rings. The fourth-order valence-corrected chi connectivity index (χ4v) is 3.94. The van der Waals surface area contributed by atoms with Crippen LogP contribution in [0.4, 0.5) is 0 Å². The molecule has 3 rings (SSSR count). The minimum atomic E-state index is 0.348. The van der Waals surface area contributed by atoms with Crippen molar-refractivity contribution in [1.82, 2.24) is 19.6 Å². The van der Waals surface area contributed by atoms with E-state index in [2.05, 4.69) is 61.1 Å². The molecule has 3 aliphatic heterocycles. The van der Waals surface area contributed by atoms with Gasteiger partial charge in [-0.1, -0.05) is 0 Å². The highest BCUT2D eigenvalue weighted by Gasteiger charge is 2.41. The highest BCUT2D eigenvalue weighted by atomic mass is 15.4. The van der Waals surface area contributed by atoms with Gasteiger partial charge in [-0.15, -0.1) is 0 Å². The molecule has 0 aromatic heterocycles. The molecule has 0 spiro atoms. The molecule has 0 aliphatic carbocycles. The first-order chi connectivity index (χ1) is 10.1. The molecule has 3 saturated heterocycles. The highest BCUT2D eigenvalue weighted by Crippen LogP contribution is 2.27. The molecule has 3 fully saturated rings. The van der Waals surface area contributed by atoms with Crippen molar-refractivity contribution in [2.24, 2.45) is 0 Å². The summed E-state index contributed by atoms with van der Waals surface area (Å²) in [5.74, 6) is 0. The van der Waals surface area contributed by atoms with Gasteiger partial charge in [0, 0.05) is 75.5 Å². The molecule has 128 valence electrons. The third-order valence-corrected chi connectivity index (χ3v) is 6.00. The topological polar surface area (TPSA) is 13.0 Å². The molecular formula is C18H36N4. The molecule has 3 heterocycles. The summed E-state index contributed by atoms with van der Waals surface area (Å²) < 4.78 is 0. The van der Waals surface area contributed by atoms with Crippen LogP contribution in [0.3, 0.4) is 0 Å². The number of hydrogen-bond donors (Lipinski definition) is 0. The molecular weight excluding hydrogens is 272 g/mol. The zero-order valence-electron chi connectivity index (χ0n) is 15.6. The maximum atomic E-state index is 2.74. The maximum absolute atomic E-state index is 2.74. The van der Waals surface area contributed by atoms with Crippen molar-refractivity contribution in [3.05, 3.63) is 0 Å². The van der Waals surface area contributed by atoms with Crippen LogP contribution < -0.4 is 0 Å². The van der Waals surface area contributed by atoms with Crippen LogP contribution in [0.1, 0.15) is 41.5 Å². The lowest BCUT2D eigenvalue weighted by molar-refractivity contribution is -0.0673. The first-order valence-electron chi connectivity index (χ1n) is 9.13. The molecule has 0 N–H and O–H groups in total. The minimum absolute atomic E-state index is 0.348. The summed E-state index contributed by atoms with van der Waals surface area (Å²) in [7, 11) is 0. The van der Waals surface area contributed by atoms with Gasteiger partial charge in [-0.2, -0.15) is 0 Å². The summed E-state index contributed by atoms with van der Waals surface area (Å²) in [6.07, 6.45) is 0. The molecule has 0 aromatic rings. The molecule has 0 saturated carbocycles. The molecule has 0 bridgehead atoms. The molecule has 0 atom stereocenters. The van der Waals surface area contributed by atoms with Crippen molar-refractivity contribution < 1.29 is 0 Å². The van der Waals surface area contributed by atoms with E-state index >= 15 is 0 Å². The SMILES string of the molecule is CC(C)(C)N1CC(N2CCN(C3CN(C(C)(C)C)C3)CC2)C1. The average molecular weight is 309 g/mol. The van der Waals surface area contributed by atoms with Gasteiger partial charge in [0.1, 0.15) is 0 Å². The lowest BCUT2D eigenvalue weighted by Gasteiger charge is -2.56. The molecule has 0 amide bonds. The third-order valence-electron chi connectivity index (χ3n) is 6.00. The standard InChI is InChI=1S/C18H36N4/c1-17(2,3)21-11-15(12-21)19-7-9-20(10-8-19)16-13-22(14-16)18(4,5)6/h15-16H,7-14H2,1-6H3. The van der Waals surface area contributed by atoms with Crippen LogP contribution in [0.15, 0.2) is 0 Å². The van der Waals surface area contributed by atoms with E-state index < -0.39 is 0 Å². The molecule has 4 heteroatoms. The first-order valence-corrected chi connectivity index (χ1v) is 9.13. The van der Waals surface area contributed by atoms with Crippen LogP contribution in [0, 0.1) is 0 Å². The fourth-order valence-electron chi connectivity index (χ4n) is 3.94. The van der Waals surface area contributed by atoms with E-state index in [-0.39, 0.29) is 0 Å². The Morgan fingerprint density at radius 1 is 0.545 bits per heavy atom. The molecule has 0 aromatic carbocycles. The van der Waals surface area contributed by atoms with Crippen LogP contribution in [0.2, 0.25) is 0 Å². The molecule has 22 heavy (non-hydrogen) atoms. The lowest BCUT2D eigenvalue weighted by Crippen LogP contribution is -2.70. The average Bonchev–Trinajstić information content (AvgIpc) is 2.23. The van der Waals surface area contributed by atoms with E-state index in [4.69, 9.17) is 0 Å². The third kappa shape index (κ3) is 3.35. The second kappa shape index (κ2) is 5.73. The zero-order valence-corrected chi connectivity index (χ0v) is 15.6. The Bertz CT molecular complexity index is 337. The quantitative estimate of drug-likeness (QED) is 0.768. The Kier molecular flexibility index (Phi) is 4.35. The van der Waals surface area contributed by atoms with E-state index in [0.717, 1.165) is 12.1 Å². The van der Waals surface area contributed by atoms with Crippen LogP contribution in [-0.4, -0.2) is 95.1 Å². The van der Waals surface area contributed by atoms with Gasteiger partial charge in [0.15, 0.2) is 0 Å². The zero-order chi connectivity index (χ0) is 16.1. The van der Waals surface area contributed by atoms with Crippen molar-refractivity contribution in [3.8, 4) is 0 Å². The number of nitrogens with zero attached hydrogens (tertiary/aromatic N) is 4. The predicted octanol–water partition coefficient (Wildman–Crippen LogP) is 1.57. The summed E-state index contributed by atoms with van der Waals surface area (Å²) >= 11 is 0. The summed E-state index contributed by atoms with van der Waals surface area (Å²) in [6.45, 7) is 24.2. The Hall–Kier alpha value is -0.160. The van der Waals surface area contributed by atoms with Gasteiger partial charge < -0.3 is 0 Å². The Morgan fingerprint density at radius 2 is 0.818 bits per heavy atom. The second-order valence-electron chi connectivity index (χ2n) is 9.53. The smallest absolute Gasteiger partial charge is 0.0351 e. The second-order valence-corrected chi connectivity index (χ2v) is 9.53. The molecule has 0 unspecified atom stereocenters. The molecule has 0 radical (unpaired) electrons. The highest BCUT2D eigenvalue weighted by molar-refractivity contribution is 4.98. The van der Waals surface area contributed by atoms with E-state index in [0.29, 0.717) is 11.1 Å². The summed E-state index contributed by atoms with van der Waals surface area (Å²) in [4.78, 5) is 10.7. The monoisotopic (exact) mass is 308 g/mol. The lowest BCUT2D eigenvalue weighted by atomic mass is 9.95. The Labute approximate surface area is 137 Å². The summed E-state index contributed by atoms with van der Waals surface area (Å²) in [6, 6.07) is 1.63. The van der Waals surface area contributed by atoms with Crippen molar-refractivity contribution >= 4 is 0 Å². The number of hydrogen-bond acceptors (Lipinski definition) is 4. The van der Waals surface area contributed by atoms with Crippen LogP contribution >= 0.6 is 0 Å². The fraction of sp³-hybridized carbons (Fsp3) is 1.00. The van der Waals surface area contributed by atoms with E-state index in [1.165, 1.54) is 52.4 Å². The van der Waals surface area contributed by atoms with Crippen molar-refractivity contribution in [1.29, 1.82) is 0 Å². The Balaban J connectivity index is 1.38. The van der Waals surface area contributed by atoms with Gasteiger partial charge in [0.2, 0.25) is 0 Å². The van der Waals surface area contributed by atoms with Gasteiger partial charge in [0.05, 0.1) is 0 Å². The molecule has 4 nitrogen and oxygen atoms in total. The van der Waals surface area contributed by atoms with Gasteiger partial charge in [-0.3, -0.25) is 19.6 Å². The van der Waals surface area contributed by atoms with E-state index in [1.54, 1.807) is 0 Å². The van der Waals surface area contributed by atoms with Gasteiger partial charge in [-0.25, -0.2) is 0 Å². The van der Waals surface area contributed by atoms with Crippen molar-refractivity contribution in [2.45, 2.75) is 64.7 Å². The summed E-state index contributed by atoms with van der Waals surface area (Å²) in [5, 5.41) is 0. The van der Waals surface area contributed by atoms with E-state index in [1.807, 2.05) is 0 Å². The van der Waals surface area contributed by atoms with Crippen LogP contribution in [0.25, 0.3) is 0 Å². The van der Waals surface area contributed by atoms with Crippen LogP contribution in [0.5, 0.6) is 0 Å². The minimum Gasteiger partial charge on any atom is -0.295 e. The first kappa shape index (κ1) is 16.7. The Morgan fingerprint density at radius 3 is 1.05 bits per heavy atom.